The van der Waals surface area contributed by atoms with E-state index < -0.39 is 34.0 Å². The fourth-order valence-electron chi connectivity index (χ4n) is 2.16. The summed E-state index contributed by atoms with van der Waals surface area (Å²) in [5.41, 5.74) is 6.26. The van der Waals surface area contributed by atoms with Crippen LogP contribution in [0.1, 0.15) is 38.8 Å². The van der Waals surface area contributed by atoms with Crippen LogP contribution < -0.4 is 10.3 Å². The van der Waals surface area contributed by atoms with Crippen molar-refractivity contribution in [3.8, 4) is 5.75 Å². The second-order valence-electron chi connectivity index (χ2n) is 7.32. The van der Waals surface area contributed by atoms with Gasteiger partial charge in [0.15, 0.2) is 0 Å². The summed E-state index contributed by atoms with van der Waals surface area (Å²) in [6.07, 6.45) is 1.91. The van der Waals surface area contributed by atoms with Crippen LogP contribution in [0.3, 0.4) is 0 Å². The standard InChI is InChI=1S/C14H23O3P.C4H11NO3/c1-10(2)7-12-5-6-14(17-18(15)16)13(9-12)8-11(3)4;5-4(1-6,2-7)3-8/h5-6,9-11,15-16H,7-8H2,1-4H3;6-8H,1-3,5H2. The lowest BCUT2D eigenvalue weighted by atomic mass is 9.96. The number of hydrogen-bond acceptors (Lipinski definition) is 7. The van der Waals surface area contributed by atoms with Gasteiger partial charge in [0.25, 0.3) is 0 Å². The van der Waals surface area contributed by atoms with Crippen molar-refractivity contribution in [1.29, 1.82) is 0 Å². The molecule has 0 atom stereocenters. The van der Waals surface area contributed by atoms with Crippen LogP contribution in [0, 0.1) is 11.8 Å². The molecule has 0 aliphatic carbocycles. The fourth-order valence-corrected chi connectivity index (χ4v) is 2.51. The van der Waals surface area contributed by atoms with E-state index in [1.807, 2.05) is 12.1 Å². The van der Waals surface area contributed by atoms with Gasteiger partial charge in [-0.05, 0) is 41.9 Å². The van der Waals surface area contributed by atoms with Crippen LogP contribution in [0.4, 0.5) is 0 Å². The van der Waals surface area contributed by atoms with Gasteiger partial charge in [-0.25, -0.2) is 0 Å². The van der Waals surface area contributed by atoms with Crippen LogP contribution in [0.15, 0.2) is 18.2 Å². The molecule has 0 radical (unpaired) electrons. The molecule has 1 rings (SSSR count). The molecule has 0 aliphatic heterocycles. The van der Waals surface area contributed by atoms with Crippen molar-refractivity contribution in [2.24, 2.45) is 17.6 Å². The van der Waals surface area contributed by atoms with Gasteiger partial charge in [-0.3, -0.25) is 0 Å². The average molecular weight is 391 g/mol. The van der Waals surface area contributed by atoms with Crippen molar-refractivity contribution in [1.82, 2.24) is 0 Å². The number of rotatable bonds is 9. The van der Waals surface area contributed by atoms with Gasteiger partial charge in [-0.15, -0.1) is 0 Å². The second-order valence-corrected chi connectivity index (χ2v) is 8.01. The number of hydrogen-bond donors (Lipinski definition) is 6. The third-order valence-electron chi connectivity index (χ3n) is 3.52. The Hall–Kier alpha value is -0.790. The van der Waals surface area contributed by atoms with Gasteiger partial charge < -0.3 is 35.4 Å². The maximum Gasteiger partial charge on any atom is 0.391 e. The molecule has 0 unspecified atom stereocenters. The van der Waals surface area contributed by atoms with Crippen LogP contribution in [-0.2, 0) is 12.8 Å². The lowest BCUT2D eigenvalue weighted by Crippen LogP contribution is -2.50. The van der Waals surface area contributed by atoms with Crippen molar-refractivity contribution in [3.63, 3.8) is 0 Å². The Balaban J connectivity index is 0.000000660. The van der Waals surface area contributed by atoms with E-state index in [1.54, 1.807) is 0 Å². The molecule has 8 heteroatoms. The molecule has 0 aromatic heterocycles. The van der Waals surface area contributed by atoms with Crippen molar-refractivity contribution in [2.45, 2.75) is 46.1 Å². The van der Waals surface area contributed by atoms with E-state index >= 15 is 0 Å². The summed E-state index contributed by atoms with van der Waals surface area (Å²) in [6, 6.07) is 5.96. The molecule has 0 saturated carbocycles. The maximum atomic E-state index is 8.98. The zero-order valence-corrected chi connectivity index (χ0v) is 17.0. The third kappa shape index (κ3) is 10.4. The molecule has 0 aliphatic rings. The lowest BCUT2D eigenvalue weighted by Gasteiger charge is -2.20. The molecule has 0 fully saturated rings. The van der Waals surface area contributed by atoms with Crippen LogP contribution in [0.5, 0.6) is 5.75 Å². The molecule has 152 valence electrons. The first-order valence-corrected chi connectivity index (χ1v) is 9.82. The summed E-state index contributed by atoms with van der Waals surface area (Å²) in [4.78, 5) is 18.0. The molecule has 7 N–H and O–H groups in total. The van der Waals surface area contributed by atoms with Crippen molar-refractivity contribution in [3.05, 3.63) is 29.3 Å². The highest BCUT2D eigenvalue weighted by Gasteiger charge is 2.20. The molecule has 0 heterocycles. The van der Waals surface area contributed by atoms with Gasteiger partial charge >= 0.3 is 8.60 Å². The molecule has 0 amide bonds. The molecule has 1 aromatic carbocycles. The minimum absolute atomic E-state index is 0.403. The topological polar surface area (TPSA) is 136 Å². The first kappa shape index (κ1) is 25.2. The van der Waals surface area contributed by atoms with Gasteiger partial charge in [0.2, 0.25) is 0 Å². The highest BCUT2D eigenvalue weighted by molar-refractivity contribution is 7.39. The zero-order chi connectivity index (χ0) is 20.3. The second kappa shape index (κ2) is 12.6. The summed E-state index contributed by atoms with van der Waals surface area (Å²) < 4.78 is 5.08. The van der Waals surface area contributed by atoms with E-state index in [-0.39, 0.29) is 0 Å². The average Bonchev–Trinajstić information content (AvgIpc) is 2.55. The molecule has 7 nitrogen and oxygen atoms in total. The largest absolute Gasteiger partial charge is 0.427 e. The Morgan fingerprint density at radius 1 is 0.962 bits per heavy atom. The maximum absolute atomic E-state index is 8.98. The number of benzene rings is 1. The molecule has 0 spiro atoms. The van der Waals surface area contributed by atoms with Gasteiger partial charge in [0.1, 0.15) is 5.75 Å². The van der Waals surface area contributed by atoms with Crippen LogP contribution in [0.2, 0.25) is 0 Å². The summed E-state index contributed by atoms with van der Waals surface area (Å²) in [6.45, 7) is 7.44. The van der Waals surface area contributed by atoms with E-state index in [4.69, 9.17) is 35.4 Å². The van der Waals surface area contributed by atoms with Crippen molar-refractivity contribution < 1.29 is 29.6 Å². The summed E-state index contributed by atoms with van der Waals surface area (Å²) in [5.74, 6) is 1.70. The van der Waals surface area contributed by atoms with Gasteiger partial charge in [-0.1, -0.05) is 39.8 Å². The Bertz CT molecular complexity index is 498. The SMILES string of the molecule is CC(C)Cc1ccc(OP(O)O)c(CC(C)C)c1.NC(CO)(CO)CO. The molecule has 26 heavy (non-hydrogen) atoms. The Kier molecular flexibility index (Phi) is 12.2. The monoisotopic (exact) mass is 391 g/mol. The summed E-state index contributed by atoms with van der Waals surface area (Å²) in [7, 11) is -2.34. The number of aliphatic hydroxyl groups is 3. The highest BCUT2D eigenvalue weighted by Crippen LogP contribution is 2.33. The summed E-state index contributed by atoms with van der Waals surface area (Å²) >= 11 is 0. The summed E-state index contributed by atoms with van der Waals surface area (Å²) in [5, 5.41) is 25.0. The molecular formula is C18H34NO6P. The molecule has 0 saturated heterocycles. The molecule has 0 bridgehead atoms. The predicted octanol–water partition coefficient (Wildman–Crippen LogP) is 1.33. The molecule has 1 aromatic rings. The van der Waals surface area contributed by atoms with Crippen LogP contribution in [-0.4, -0.2) is 50.5 Å². The predicted molar refractivity (Wildman–Crippen MR) is 104 cm³/mol. The minimum atomic E-state index is -2.34. The van der Waals surface area contributed by atoms with E-state index in [0.29, 0.717) is 17.6 Å². The van der Waals surface area contributed by atoms with E-state index in [9.17, 15) is 0 Å². The fraction of sp³-hybridized carbons (Fsp3) is 0.667. The van der Waals surface area contributed by atoms with Crippen LogP contribution in [0.25, 0.3) is 0 Å². The smallest absolute Gasteiger partial charge is 0.391 e. The normalized spacial score (nSPS) is 11.7. The van der Waals surface area contributed by atoms with Crippen LogP contribution >= 0.6 is 8.60 Å². The number of nitrogens with two attached hydrogens (primary N) is 1. The van der Waals surface area contributed by atoms with Gasteiger partial charge in [0, 0.05) is 0 Å². The first-order chi connectivity index (χ1) is 12.1. The lowest BCUT2D eigenvalue weighted by molar-refractivity contribution is 0.0697. The van der Waals surface area contributed by atoms with E-state index in [2.05, 4.69) is 33.8 Å². The van der Waals surface area contributed by atoms with E-state index in [0.717, 1.165) is 18.4 Å². The highest BCUT2D eigenvalue weighted by atomic mass is 31.2. The Labute approximate surface area is 157 Å². The minimum Gasteiger partial charge on any atom is -0.427 e. The van der Waals surface area contributed by atoms with Gasteiger partial charge in [-0.2, -0.15) is 0 Å². The quantitative estimate of drug-likeness (QED) is 0.350. The third-order valence-corrected chi connectivity index (χ3v) is 3.88. The van der Waals surface area contributed by atoms with Crippen molar-refractivity contribution in [2.75, 3.05) is 19.8 Å². The Morgan fingerprint density at radius 3 is 1.81 bits per heavy atom. The zero-order valence-electron chi connectivity index (χ0n) is 16.1. The van der Waals surface area contributed by atoms with Gasteiger partial charge in [0.05, 0.1) is 25.4 Å². The Morgan fingerprint density at radius 2 is 1.46 bits per heavy atom. The van der Waals surface area contributed by atoms with Crippen molar-refractivity contribution >= 4 is 8.60 Å². The first-order valence-electron chi connectivity index (χ1n) is 8.66. The number of aliphatic hydroxyl groups excluding tert-OH is 3. The van der Waals surface area contributed by atoms with E-state index in [1.165, 1.54) is 5.56 Å². The molecular weight excluding hydrogens is 357 g/mol.